The molecule has 1 aliphatic heterocycles. The van der Waals surface area contributed by atoms with E-state index in [4.69, 9.17) is 4.74 Å². The first-order valence-electron chi connectivity index (χ1n) is 7.77. The largest absolute Gasteiger partial charge is 0.501 e. The number of hydrogen-bond acceptors (Lipinski definition) is 3. The van der Waals surface area contributed by atoms with Crippen LogP contribution < -0.4 is 5.32 Å². The van der Waals surface area contributed by atoms with E-state index in [0.717, 1.165) is 38.1 Å². The lowest BCUT2D eigenvalue weighted by molar-refractivity contribution is 0.219. The van der Waals surface area contributed by atoms with Crippen LogP contribution in [-0.2, 0) is 4.74 Å². The lowest BCUT2D eigenvalue weighted by Crippen LogP contribution is -2.26. The molecule has 2 heterocycles. The molecule has 3 nitrogen and oxygen atoms in total. The van der Waals surface area contributed by atoms with Crippen molar-refractivity contribution < 1.29 is 4.74 Å². The topological polar surface area (TPSA) is 34.1 Å². The highest BCUT2D eigenvalue weighted by Gasteiger charge is 2.21. The van der Waals surface area contributed by atoms with E-state index in [1.54, 1.807) is 0 Å². The van der Waals surface area contributed by atoms with Gasteiger partial charge in [0.05, 0.1) is 24.6 Å². The number of benzene rings is 1. The number of ether oxygens (including phenoxy) is 1. The van der Waals surface area contributed by atoms with Crippen molar-refractivity contribution in [1.82, 2.24) is 10.3 Å². The van der Waals surface area contributed by atoms with Gasteiger partial charge in [-0.25, -0.2) is 0 Å². The van der Waals surface area contributed by atoms with Crippen molar-refractivity contribution in [3.05, 3.63) is 54.1 Å². The van der Waals surface area contributed by atoms with Gasteiger partial charge in [0, 0.05) is 11.6 Å². The number of nitrogens with zero attached hydrogens (tertiary/aromatic N) is 1. The Morgan fingerprint density at radius 1 is 1.29 bits per heavy atom. The monoisotopic (exact) mass is 282 g/mol. The summed E-state index contributed by atoms with van der Waals surface area (Å²) in [5.74, 6) is 0. The summed E-state index contributed by atoms with van der Waals surface area (Å²) in [6.07, 6.45) is 7.10. The SMILES string of the molecule is CCCNC(C1=COCCC1)c1nccc2ccccc12. The molecule has 0 aliphatic carbocycles. The fourth-order valence-electron chi connectivity index (χ4n) is 2.86. The van der Waals surface area contributed by atoms with Crippen molar-refractivity contribution in [2.24, 2.45) is 0 Å². The van der Waals surface area contributed by atoms with Crippen LogP contribution in [0.1, 0.15) is 37.9 Å². The fraction of sp³-hybridized carbons (Fsp3) is 0.389. The van der Waals surface area contributed by atoms with Gasteiger partial charge in [-0.1, -0.05) is 31.2 Å². The zero-order valence-electron chi connectivity index (χ0n) is 12.5. The second kappa shape index (κ2) is 6.72. The fourth-order valence-corrected chi connectivity index (χ4v) is 2.86. The summed E-state index contributed by atoms with van der Waals surface area (Å²) in [5, 5.41) is 6.10. The Labute approximate surface area is 126 Å². The number of nitrogens with one attached hydrogen (secondary N) is 1. The normalized spacial score (nSPS) is 16.3. The molecule has 0 amide bonds. The lowest BCUT2D eigenvalue weighted by atomic mass is 9.95. The van der Waals surface area contributed by atoms with Crippen LogP contribution in [-0.4, -0.2) is 18.1 Å². The molecule has 1 aromatic heterocycles. The maximum Gasteiger partial charge on any atom is 0.0876 e. The number of pyridine rings is 1. The summed E-state index contributed by atoms with van der Waals surface area (Å²) >= 11 is 0. The quantitative estimate of drug-likeness (QED) is 0.901. The van der Waals surface area contributed by atoms with Crippen LogP contribution in [0.25, 0.3) is 10.8 Å². The Hall–Kier alpha value is -1.87. The smallest absolute Gasteiger partial charge is 0.0876 e. The highest BCUT2D eigenvalue weighted by Crippen LogP contribution is 2.30. The van der Waals surface area contributed by atoms with Gasteiger partial charge in [0.15, 0.2) is 0 Å². The number of rotatable bonds is 5. The van der Waals surface area contributed by atoms with E-state index in [9.17, 15) is 0 Å². The average molecular weight is 282 g/mol. The summed E-state index contributed by atoms with van der Waals surface area (Å²) in [5.41, 5.74) is 2.41. The molecule has 0 saturated heterocycles. The average Bonchev–Trinajstić information content (AvgIpc) is 2.56. The molecule has 0 bridgehead atoms. The molecule has 3 rings (SSSR count). The van der Waals surface area contributed by atoms with E-state index in [0.29, 0.717) is 0 Å². The first-order chi connectivity index (χ1) is 10.4. The van der Waals surface area contributed by atoms with Crippen LogP contribution in [0.3, 0.4) is 0 Å². The molecule has 3 heteroatoms. The van der Waals surface area contributed by atoms with Crippen molar-refractivity contribution >= 4 is 10.8 Å². The van der Waals surface area contributed by atoms with Gasteiger partial charge in [-0.05, 0) is 42.8 Å². The molecule has 1 aliphatic rings. The highest BCUT2D eigenvalue weighted by molar-refractivity contribution is 5.85. The molecule has 110 valence electrons. The molecule has 0 spiro atoms. The number of fused-ring (bicyclic) bond motifs is 1. The van der Waals surface area contributed by atoms with Crippen LogP contribution in [0.4, 0.5) is 0 Å². The molecule has 0 radical (unpaired) electrons. The second-order valence-electron chi connectivity index (χ2n) is 5.47. The molecule has 1 aromatic carbocycles. The predicted octanol–water partition coefficient (Wildman–Crippen LogP) is 3.97. The predicted molar refractivity (Wildman–Crippen MR) is 86.0 cm³/mol. The van der Waals surface area contributed by atoms with E-state index in [1.807, 2.05) is 12.5 Å². The third-order valence-corrected chi connectivity index (χ3v) is 3.91. The van der Waals surface area contributed by atoms with Crippen molar-refractivity contribution in [3.8, 4) is 0 Å². The summed E-state index contributed by atoms with van der Waals surface area (Å²) in [4.78, 5) is 4.68. The van der Waals surface area contributed by atoms with Crippen molar-refractivity contribution in [1.29, 1.82) is 0 Å². The Balaban J connectivity index is 2.03. The van der Waals surface area contributed by atoms with Gasteiger partial charge < -0.3 is 10.1 Å². The molecule has 0 fully saturated rings. The maximum absolute atomic E-state index is 5.55. The molecule has 1 unspecified atom stereocenters. The molecule has 1 atom stereocenters. The minimum atomic E-state index is 0.149. The number of aromatic nitrogens is 1. The minimum Gasteiger partial charge on any atom is -0.501 e. The standard InChI is InChI=1S/C18H22N2O/c1-2-10-19-17(15-7-5-12-21-13-15)18-16-8-4-3-6-14(16)9-11-20-18/h3-4,6,8-9,11,13,17,19H,2,5,7,10,12H2,1H3. The van der Waals surface area contributed by atoms with Crippen LogP contribution in [0.2, 0.25) is 0 Å². The number of hydrogen-bond donors (Lipinski definition) is 1. The summed E-state index contributed by atoms with van der Waals surface area (Å²) in [7, 11) is 0. The third kappa shape index (κ3) is 3.08. The molecular formula is C18H22N2O. The van der Waals surface area contributed by atoms with Gasteiger partial charge >= 0.3 is 0 Å². The maximum atomic E-state index is 5.55. The first-order valence-corrected chi connectivity index (χ1v) is 7.77. The van der Waals surface area contributed by atoms with Crippen molar-refractivity contribution in [2.75, 3.05) is 13.2 Å². The van der Waals surface area contributed by atoms with Crippen LogP contribution in [0.5, 0.6) is 0 Å². The van der Waals surface area contributed by atoms with Gasteiger partial charge in [0.2, 0.25) is 0 Å². The Morgan fingerprint density at radius 2 is 2.19 bits per heavy atom. The zero-order chi connectivity index (χ0) is 14.5. The highest BCUT2D eigenvalue weighted by atomic mass is 16.5. The zero-order valence-corrected chi connectivity index (χ0v) is 12.5. The van der Waals surface area contributed by atoms with Crippen LogP contribution in [0.15, 0.2) is 48.4 Å². The van der Waals surface area contributed by atoms with E-state index >= 15 is 0 Å². The minimum absolute atomic E-state index is 0.149. The molecular weight excluding hydrogens is 260 g/mol. The van der Waals surface area contributed by atoms with E-state index < -0.39 is 0 Å². The van der Waals surface area contributed by atoms with Gasteiger partial charge in [0.25, 0.3) is 0 Å². The van der Waals surface area contributed by atoms with Gasteiger partial charge in [0.1, 0.15) is 0 Å². The van der Waals surface area contributed by atoms with Crippen LogP contribution in [0, 0.1) is 0 Å². The summed E-state index contributed by atoms with van der Waals surface area (Å²) in [6.45, 7) is 3.99. The summed E-state index contributed by atoms with van der Waals surface area (Å²) < 4.78 is 5.55. The van der Waals surface area contributed by atoms with Gasteiger partial charge in [-0.3, -0.25) is 4.98 Å². The van der Waals surface area contributed by atoms with E-state index in [-0.39, 0.29) is 6.04 Å². The second-order valence-corrected chi connectivity index (χ2v) is 5.47. The molecule has 2 aromatic rings. The summed E-state index contributed by atoms with van der Waals surface area (Å²) in [6, 6.07) is 10.7. The molecule has 0 saturated carbocycles. The lowest BCUT2D eigenvalue weighted by Gasteiger charge is -2.25. The Kier molecular flexibility index (Phi) is 4.51. The van der Waals surface area contributed by atoms with Gasteiger partial charge in [-0.2, -0.15) is 0 Å². The third-order valence-electron chi connectivity index (χ3n) is 3.91. The van der Waals surface area contributed by atoms with Crippen molar-refractivity contribution in [2.45, 2.75) is 32.2 Å². The molecule has 21 heavy (non-hydrogen) atoms. The van der Waals surface area contributed by atoms with E-state index in [1.165, 1.54) is 16.3 Å². The van der Waals surface area contributed by atoms with Crippen LogP contribution >= 0.6 is 0 Å². The van der Waals surface area contributed by atoms with Gasteiger partial charge in [-0.15, -0.1) is 0 Å². The van der Waals surface area contributed by atoms with Crippen molar-refractivity contribution in [3.63, 3.8) is 0 Å². The Bertz CT molecular complexity index is 631. The Morgan fingerprint density at radius 3 is 3.00 bits per heavy atom. The molecule has 1 N–H and O–H groups in total. The first kappa shape index (κ1) is 14.1. The van der Waals surface area contributed by atoms with E-state index in [2.05, 4.69) is 47.6 Å².